The highest BCUT2D eigenvalue weighted by atomic mass is 15.2. The van der Waals surface area contributed by atoms with Gasteiger partial charge >= 0.3 is 0 Å². The van der Waals surface area contributed by atoms with E-state index in [2.05, 4.69) is 23.8 Å². The Labute approximate surface area is 104 Å². The molecule has 0 amide bonds. The minimum atomic E-state index is 0.609. The van der Waals surface area contributed by atoms with Gasteiger partial charge in [-0.05, 0) is 32.4 Å². The van der Waals surface area contributed by atoms with Gasteiger partial charge in [-0.2, -0.15) is 0 Å². The molecule has 0 aliphatic carbocycles. The van der Waals surface area contributed by atoms with Crippen LogP contribution in [0, 0.1) is 6.92 Å². The van der Waals surface area contributed by atoms with Gasteiger partial charge in [0.05, 0.1) is 12.2 Å². The van der Waals surface area contributed by atoms with E-state index < -0.39 is 0 Å². The van der Waals surface area contributed by atoms with E-state index in [0.717, 1.165) is 37.4 Å². The first-order valence-electron chi connectivity index (χ1n) is 6.14. The van der Waals surface area contributed by atoms with Gasteiger partial charge in [0.25, 0.3) is 0 Å². The average Bonchev–Trinajstić information content (AvgIpc) is 2.33. The lowest BCUT2D eigenvalue weighted by molar-refractivity contribution is 0.422. The summed E-state index contributed by atoms with van der Waals surface area (Å²) in [6.07, 6.45) is 1.01. The zero-order chi connectivity index (χ0) is 12.7. The minimum absolute atomic E-state index is 0.609. The van der Waals surface area contributed by atoms with Crippen molar-refractivity contribution < 1.29 is 0 Å². The summed E-state index contributed by atoms with van der Waals surface area (Å²) in [4.78, 5) is 10.8. The molecule has 0 saturated carbocycles. The number of nitrogens with zero attached hydrogens (tertiary/aromatic N) is 3. The molecule has 1 rings (SSSR count). The Bertz CT molecular complexity index is 373. The van der Waals surface area contributed by atoms with E-state index in [1.54, 1.807) is 0 Å². The van der Waals surface area contributed by atoms with Gasteiger partial charge in [0.1, 0.15) is 0 Å². The molecule has 1 heterocycles. The summed E-state index contributed by atoms with van der Waals surface area (Å²) in [5, 5.41) is 0. The van der Waals surface area contributed by atoms with Gasteiger partial charge in [0, 0.05) is 18.8 Å². The lowest BCUT2D eigenvalue weighted by Crippen LogP contribution is -2.37. The van der Waals surface area contributed by atoms with Crippen LogP contribution in [0.5, 0.6) is 0 Å². The fraction of sp³-hybridized carbons (Fsp3) is 0.538. The standard InChI is InChI=1S/C13H22N4/c1-4-9-15-13(14)17(5-2)10-12-8-6-7-11(3)16-12/h6-8H,4-5,9-10H2,1-3H3,(H2,14,15). The Morgan fingerprint density at radius 2 is 2.18 bits per heavy atom. The Hall–Kier alpha value is -1.58. The number of pyridine rings is 1. The van der Waals surface area contributed by atoms with Crippen molar-refractivity contribution >= 4 is 5.96 Å². The Morgan fingerprint density at radius 1 is 1.41 bits per heavy atom. The molecule has 0 spiro atoms. The van der Waals surface area contributed by atoms with Gasteiger partial charge in [-0.15, -0.1) is 0 Å². The molecule has 2 N–H and O–H groups in total. The van der Waals surface area contributed by atoms with Crippen LogP contribution in [0.4, 0.5) is 0 Å². The first-order valence-corrected chi connectivity index (χ1v) is 6.14. The summed E-state index contributed by atoms with van der Waals surface area (Å²) in [7, 11) is 0. The summed E-state index contributed by atoms with van der Waals surface area (Å²) >= 11 is 0. The molecular formula is C13H22N4. The molecule has 4 heteroatoms. The molecule has 17 heavy (non-hydrogen) atoms. The van der Waals surface area contributed by atoms with Crippen molar-refractivity contribution in [3.63, 3.8) is 0 Å². The molecule has 0 aromatic carbocycles. The third-order valence-electron chi connectivity index (χ3n) is 2.50. The molecule has 0 bridgehead atoms. The zero-order valence-electron chi connectivity index (χ0n) is 11.0. The second kappa shape index (κ2) is 6.89. The smallest absolute Gasteiger partial charge is 0.191 e. The van der Waals surface area contributed by atoms with Gasteiger partial charge < -0.3 is 10.6 Å². The summed E-state index contributed by atoms with van der Waals surface area (Å²) in [6, 6.07) is 6.03. The maximum atomic E-state index is 5.95. The Kier molecular flexibility index (Phi) is 5.46. The van der Waals surface area contributed by atoms with Crippen LogP contribution in [0.3, 0.4) is 0 Å². The van der Waals surface area contributed by atoms with Crippen molar-refractivity contribution in [2.24, 2.45) is 10.7 Å². The van der Waals surface area contributed by atoms with Crippen LogP contribution < -0.4 is 5.73 Å². The van der Waals surface area contributed by atoms with Crippen molar-refractivity contribution in [1.29, 1.82) is 0 Å². The minimum Gasteiger partial charge on any atom is -0.370 e. The lowest BCUT2D eigenvalue weighted by atomic mass is 10.3. The molecule has 4 nitrogen and oxygen atoms in total. The van der Waals surface area contributed by atoms with E-state index in [-0.39, 0.29) is 0 Å². The van der Waals surface area contributed by atoms with Gasteiger partial charge in [0.15, 0.2) is 5.96 Å². The second-order valence-corrected chi connectivity index (χ2v) is 4.02. The summed E-state index contributed by atoms with van der Waals surface area (Å²) in [6.45, 7) is 8.50. The van der Waals surface area contributed by atoms with Crippen LogP contribution in [0.1, 0.15) is 31.7 Å². The number of aromatic nitrogens is 1. The fourth-order valence-electron chi connectivity index (χ4n) is 1.56. The number of rotatable bonds is 5. The Morgan fingerprint density at radius 3 is 2.76 bits per heavy atom. The molecule has 0 unspecified atom stereocenters. The highest BCUT2D eigenvalue weighted by molar-refractivity contribution is 5.77. The van der Waals surface area contributed by atoms with Crippen LogP contribution in [0.15, 0.2) is 23.2 Å². The van der Waals surface area contributed by atoms with E-state index in [0.29, 0.717) is 5.96 Å². The number of hydrogen-bond donors (Lipinski definition) is 1. The van der Waals surface area contributed by atoms with Gasteiger partial charge in [-0.3, -0.25) is 9.98 Å². The fourth-order valence-corrected chi connectivity index (χ4v) is 1.56. The maximum absolute atomic E-state index is 5.95. The highest BCUT2D eigenvalue weighted by Gasteiger charge is 2.07. The monoisotopic (exact) mass is 234 g/mol. The molecule has 0 saturated heterocycles. The topological polar surface area (TPSA) is 54.5 Å². The summed E-state index contributed by atoms with van der Waals surface area (Å²) in [5.41, 5.74) is 8.01. The van der Waals surface area contributed by atoms with Crippen LogP contribution in [0.2, 0.25) is 0 Å². The van der Waals surface area contributed by atoms with Crippen LogP contribution in [0.25, 0.3) is 0 Å². The molecule has 0 aliphatic rings. The SMILES string of the molecule is CCCN=C(N)N(CC)Cc1cccc(C)n1. The molecule has 0 atom stereocenters. The maximum Gasteiger partial charge on any atom is 0.191 e. The van der Waals surface area contributed by atoms with Crippen molar-refractivity contribution in [3.05, 3.63) is 29.6 Å². The molecule has 0 fully saturated rings. The number of nitrogens with two attached hydrogens (primary N) is 1. The third-order valence-corrected chi connectivity index (χ3v) is 2.50. The Balaban J connectivity index is 2.69. The molecule has 0 aliphatic heterocycles. The van der Waals surface area contributed by atoms with E-state index in [4.69, 9.17) is 5.73 Å². The van der Waals surface area contributed by atoms with Crippen LogP contribution >= 0.6 is 0 Å². The number of guanidine groups is 1. The summed E-state index contributed by atoms with van der Waals surface area (Å²) < 4.78 is 0. The summed E-state index contributed by atoms with van der Waals surface area (Å²) in [5.74, 6) is 0.609. The van der Waals surface area contributed by atoms with E-state index >= 15 is 0 Å². The molecule has 94 valence electrons. The average molecular weight is 234 g/mol. The first-order chi connectivity index (χ1) is 8.17. The number of aliphatic imine (C=N–C) groups is 1. The molecule has 1 aromatic rings. The van der Waals surface area contributed by atoms with Crippen molar-refractivity contribution in [1.82, 2.24) is 9.88 Å². The zero-order valence-corrected chi connectivity index (χ0v) is 11.0. The predicted octanol–water partition coefficient (Wildman–Crippen LogP) is 1.94. The van der Waals surface area contributed by atoms with E-state index in [1.165, 1.54) is 0 Å². The number of hydrogen-bond acceptors (Lipinski definition) is 2. The molecular weight excluding hydrogens is 212 g/mol. The van der Waals surface area contributed by atoms with Crippen molar-refractivity contribution in [3.8, 4) is 0 Å². The second-order valence-electron chi connectivity index (χ2n) is 4.02. The number of aryl methyl sites for hydroxylation is 1. The van der Waals surface area contributed by atoms with Crippen molar-refractivity contribution in [2.45, 2.75) is 33.7 Å². The van der Waals surface area contributed by atoms with Gasteiger partial charge in [0.2, 0.25) is 0 Å². The lowest BCUT2D eigenvalue weighted by Gasteiger charge is -2.21. The first kappa shape index (κ1) is 13.5. The van der Waals surface area contributed by atoms with E-state index in [1.807, 2.05) is 30.0 Å². The van der Waals surface area contributed by atoms with E-state index in [9.17, 15) is 0 Å². The van der Waals surface area contributed by atoms with Crippen molar-refractivity contribution in [2.75, 3.05) is 13.1 Å². The largest absolute Gasteiger partial charge is 0.370 e. The predicted molar refractivity (Wildman–Crippen MR) is 71.8 cm³/mol. The van der Waals surface area contributed by atoms with Gasteiger partial charge in [-0.1, -0.05) is 13.0 Å². The van der Waals surface area contributed by atoms with Crippen LogP contribution in [-0.2, 0) is 6.54 Å². The third kappa shape index (κ3) is 4.43. The quantitative estimate of drug-likeness (QED) is 0.625. The molecule has 1 aromatic heterocycles. The normalized spacial score (nSPS) is 11.6. The van der Waals surface area contributed by atoms with Gasteiger partial charge in [-0.25, -0.2) is 0 Å². The van der Waals surface area contributed by atoms with Crippen LogP contribution in [-0.4, -0.2) is 28.9 Å². The highest BCUT2D eigenvalue weighted by Crippen LogP contribution is 2.03. The molecule has 0 radical (unpaired) electrons.